The van der Waals surface area contributed by atoms with E-state index in [1.165, 1.54) is 15.9 Å². The molecule has 1 amide bonds. The summed E-state index contributed by atoms with van der Waals surface area (Å²) in [6.07, 6.45) is 3.20. The van der Waals surface area contributed by atoms with E-state index in [1.807, 2.05) is 6.92 Å². The van der Waals surface area contributed by atoms with Crippen molar-refractivity contribution in [3.8, 4) is 0 Å². The fraction of sp³-hybridized carbons (Fsp3) is 0.600. The first kappa shape index (κ1) is 16.1. The molecule has 1 saturated heterocycles. The van der Waals surface area contributed by atoms with Crippen LogP contribution in [-0.2, 0) is 17.8 Å². The molecule has 3 rings (SSSR count). The monoisotopic (exact) mass is 335 g/mol. The molecule has 0 radical (unpaired) electrons. The summed E-state index contributed by atoms with van der Waals surface area (Å²) in [7, 11) is 0. The maximum atomic E-state index is 12.1. The zero-order chi connectivity index (χ0) is 16.4. The Bertz CT molecular complexity index is 761. The second-order valence-electron chi connectivity index (χ2n) is 6.02. The van der Waals surface area contributed by atoms with Crippen LogP contribution >= 0.6 is 11.3 Å². The van der Waals surface area contributed by atoms with Crippen LogP contribution in [0.3, 0.4) is 0 Å². The van der Waals surface area contributed by atoms with Gasteiger partial charge in [0.1, 0.15) is 5.01 Å². The average molecular weight is 335 g/mol. The molecule has 23 heavy (non-hydrogen) atoms. The number of fused-ring (bicyclic) bond motifs is 1. The summed E-state index contributed by atoms with van der Waals surface area (Å²) in [6.45, 7) is 4.48. The highest BCUT2D eigenvalue weighted by Crippen LogP contribution is 2.21. The summed E-state index contributed by atoms with van der Waals surface area (Å²) in [5.41, 5.74) is 5.93. The minimum Gasteiger partial charge on any atom is -0.370 e. The maximum absolute atomic E-state index is 12.1. The van der Waals surface area contributed by atoms with Crippen LogP contribution in [0.4, 0.5) is 0 Å². The molecule has 2 N–H and O–H groups in total. The minimum atomic E-state index is -0.222. The van der Waals surface area contributed by atoms with E-state index in [0.717, 1.165) is 43.1 Å². The lowest BCUT2D eigenvalue weighted by Crippen LogP contribution is -2.35. The minimum absolute atomic E-state index is 0.121. The van der Waals surface area contributed by atoms with E-state index in [4.69, 9.17) is 5.73 Å². The third-order valence-corrected chi connectivity index (χ3v) is 5.28. The average Bonchev–Trinajstić information content (AvgIpc) is 2.92. The van der Waals surface area contributed by atoms with Crippen LogP contribution in [0, 0.1) is 5.92 Å². The van der Waals surface area contributed by atoms with E-state index in [1.54, 1.807) is 6.07 Å². The van der Waals surface area contributed by atoms with Gasteiger partial charge in [-0.3, -0.25) is 14.5 Å². The van der Waals surface area contributed by atoms with E-state index in [-0.39, 0.29) is 11.5 Å². The Hall–Kier alpha value is -1.80. The van der Waals surface area contributed by atoms with Crippen molar-refractivity contribution in [2.45, 2.75) is 39.2 Å². The Morgan fingerprint density at radius 3 is 2.83 bits per heavy atom. The predicted octanol–water partition coefficient (Wildman–Crippen LogP) is 0.801. The lowest BCUT2D eigenvalue weighted by atomic mass is 9.93. The van der Waals surface area contributed by atoms with Crippen molar-refractivity contribution in [1.29, 1.82) is 0 Å². The number of amides is 1. The quantitative estimate of drug-likeness (QED) is 0.872. The zero-order valence-electron chi connectivity index (χ0n) is 13.2. The number of carbonyl (C=O) groups excluding carboxylic acids is 1. The van der Waals surface area contributed by atoms with Crippen molar-refractivity contribution in [2.24, 2.45) is 11.7 Å². The lowest BCUT2D eigenvalue weighted by Gasteiger charge is -2.31. The summed E-state index contributed by atoms with van der Waals surface area (Å²) < 4.78 is 1.38. The molecule has 0 unspecified atom stereocenters. The van der Waals surface area contributed by atoms with Gasteiger partial charge in [-0.15, -0.1) is 0 Å². The molecule has 2 aromatic rings. The number of aromatic nitrogens is 3. The smallest absolute Gasteiger partial charge is 0.275 e. The summed E-state index contributed by atoms with van der Waals surface area (Å²) in [5, 5.41) is 5.17. The normalized spacial score (nSPS) is 16.9. The number of hydrogen-bond donors (Lipinski definition) is 1. The fourth-order valence-corrected chi connectivity index (χ4v) is 3.84. The van der Waals surface area contributed by atoms with E-state index in [9.17, 15) is 9.59 Å². The predicted molar refractivity (Wildman–Crippen MR) is 88.3 cm³/mol. The molecule has 7 nitrogen and oxygen atoms in total. The molecule has 1 aliphatic heterocycles. The molecule has 0 spiro atoms. The van der Waals surface area contributed by atoms with Crippen molar-refractivity contribution < 1.29 is 4.79 Å². The molecule has 0 atom stereocenters. The first-order valence-corrected chi connectivity index (χ1v) is 8.76. The van der Waals surface area contributed by atoms with Crippen LogP contribution in [0.1, 0.15) is 36.9 Å². The molecule has 0 saturated carbocycles. The molecule has 0 aromatic carbocycles. The molecule has 0 bridgehead atoms. The molecule has 124 valence electrons. The maximum Gasteiger partial charge on any atom is 0.275 e. The number of carbonyl (C=O) groups is 1. The molecule has 1 fully saturated rings. The molecular formula is C15H21N5O2S. The molecule has 1 aliphatic rings. The molecule has 8 heteroatoms. The van der Waals surface area contributed by atoms with Gasteiger partial charge in [0.25, 0.3) is 5.56 Å². The SMILES string of the molecule is CCc1nn2c(=O)cc(CN3CCC(CC(N)=O)CC3)nc2s1. The Morgan fingerprint density at radius 2 is 2.17 bits per heavy atom. The number of nitrogens with two attached hydrogens (primary N) is 1. The number of nitrogens with zero attached hydrogens (tertiary/aromatic N) is 4. The second kappa shape index (κ2) is 6.76. The number of hydrogen-bond acceptors (Lipinski definition) is 6. The van der Waals surface area contributed by atoms with Crippen LogP contribution in [0.5, 0.6) is 0 Å². The number of aryl methyl sites for hydroxylation is 1. The van der Waals surface area contributed by atoms with Gasteiger partial charge in [0.05, 0.1) is 5.69 Å². The summed E-state index contributed by atoms with van der Waals surface area (Å²) in [6, 6.07) is 1.57. The highest BCUT2D eigenvalue weighted by atomic mass is 32.1. The molecule has 3 heterocycles. The summed E-state index contributed by atoms with van der Waals surface area (Å²) >= 11 is 1.47. The second-order valence-corrected chi connectivity index (χ2v) is 7.06. The van der Waals surface area contributed by atoms with Crippen LogP contribution in [0.2, 0.25) is 0 Å². The zero-order valence-corrected chi connectivity index (χ0v) is 14.0. The lowest BCUT2D eigenvalue weighted by molar-refractivity contribution is -0.119. The van der Waals surface area contributed by atoms with Crippen LogP contribution in [0.25, 0.3) is 4.96 Å². The van der Waals surface area contributed by atoms with Gasteiger partial charge in [0.2, 0.25) is 10.9 Å². The topological polar surface area (TPSA) is 93.6 Å². The number of likely N-dealkylation sites (tertiary alicyclic amines) is 1. The number of piperidine rings is 1. The van der Waals surface area contributed by atoms with Crippen LogP contribution in [0.15, 0.2) is 10.9 Å². The first-order chi connectivity index (χ1) is 11.0. The number of primary amides is 1. The van der Waals surface area contributed by atoms with Gasteiger partial charge in [-0.1, -0.05) is 18.3 Å². The largest absolute Gasteiger partial charge is 0.370 e. The number of rotatable bonds is 5. The van der Waals surface area contributed by atoms with Crippen molar-refractivity contribution in [1.82, 2.24) is 19.5 Å². The third-order valence-electron chi connectivity index (χ3n) is 4.22. The van der Waals surface area contributed by atoms with Crippen molar-refractivity contribution >= 4 is 22.2 Å². The fourth-order valence-electron chi connectivity index (χ4n) is 2.98. The van der Waals surface area contributed by atoms with Crippen LogP contribution in [-0.4, -0.2) is 38.5 Å². The Morgan fingerprint density at radius 1 is 1.43 bits per heavy atom. The Kier molecular flexibility index (Phi) is 4.72. The van der Waals surface area contributed by atoms with Gasteiger partial charge in [0, 0.05) is 19.0 Å². The van der Waals surface area contributed by atoms with Gasteiger partial charge in [-0.2, -0.15) is 9.61 Å². The summed E-state index contributed by atoms with van der Waals surface area (Å²) in [5.74, 6) is 0.166. The van der Waals surface area contributed by atoms with Gasteiger partial charge in [0.15, 0.2) is 0 Å². The van der Waals surface area contributed by atoms with Gasteiger partial charge >= 0.3 is 0 Å². The van der Waals surface area contributed by atoms with E-state index >= 15 is 0 Å². The van der Waals surface area contributed by atoms with Gasteiger partial charge in [-0.25, -0.2) is 4.98 Å². The Labute approximate surface area is 138 Å². The molecular weight excluding hydrogens is 314 g/mol. The van der Waals surface area contributed by atoms with Crippen molar-refractivity contribution in [3.63, 3.8) is 0 Å². The third kappa shape index (κ3) is 3.76. The molecule has 0 aliphatic carbocycles. The van der Waals surface area contributed by atoms with Crippen LogP contribution < -0.4 is 11.3 Å². The Balaban J connectivity index is 1.68. The highest BCUT2D eigenvalue weighted by Gasteiger charge is 2.21. The summed E-state index contributed by atoms with van der Waals surface area (Å²) in [4.78, 5) is 30.6. The van der Waals surface area contributed by atoms with E-state index in [2.05, 4.69) is 15.0 Å². The van der Waals surface area contributed by atoms with Gasteiger partial charge < -0.3 is 5.73 Å². The van der Waals surface area contributed by atoms with Crippen molar-refractivity contribution in [2.75, 3.05) is 13.1 Å². The van der Waals surface area contributed by atoms with E-state index < -0.39 is 0 Å². The van der Waals surface area contributed by atoms with Crippen molar-refractivity contribution in [3.05, 3.63) is 27.1 Å². The standard InChI is InChI=1S/C15H21N5O2S/c1-2-13-18-20-14(22)8-11(17-15(20)23-13)9-19-5-3-10(4-6-19)7-12(16)21/h8,10H,2-7,9H2,1H3,(H2,16,21). The highest BCUT2D eigenvalue weighted by molar-refractivity contribution is 7.16. The molecule has 2 aromatic heterocycles. The van der Waals surface area contributed by atoms with Gasteiger partial charge in [-0.05, 0) is 38.3 Å². The first-order valence-electron chi connectivity index (χ1n) is 7.94. The van der Waals surface area contributed by atoms with E-state index in [0.29, 0.717) is 23.8 Å².